The predicted molar refractivity (Wildman–Crippen MR) is 72.6 cm³/mol. The van der Waals surface area contributed by atoms with Gasteiger partial charge in [-0.3, -0.25) is 4.79 Å². The molecule has 1 aromatic heterocycles. The normalized spacial score (nSPS) is 16.6. The third-order valence-corrected chi connectivity index (χ3v) is 4.25. The lowest BCUT2D eigenvalue weighted by atomic mass is 10.1. The van der Waals surface area contributed by atoms with Gasteiger partial charge in [0, 0.05) is 20.6 Å². The van der Waals surface area contributed by atoms with Crippen LogP contribution in [0.1, 0.15) is 29.4 Å². The number of nitrogens with zero attached hydrogens (tertiary/aromatic N) is 1. The van der Waals surface area contributed by atoms with Gasteiger partial charge in [0.2, 0.25) is 0 Å². The molecule has 0 aromatic carbocycles. The summed E-state index contributed by atoms with van der Waals surface area (Å²) < 4.78 is 0. The first-order valence-corrected chi connectivity index (χ1v) is 6.58. The van der Waals surface area contributed by atoms with Crippen molar-refractivity contribution in [1.29, 1.82) is 0 Å². The number of rotatable bonds is 4. The van der Waals surface area contributed by atoms with Crippen LogP contribution in [0.4, 0.5) is 10.7 Å². The average Bonchev–Trinajstić information content (AvgIpc) is 2.87. The second-order valence-electron chi connectivity index (χ2n) is 5.26. The molecule has 1 heterocycles. The number of thiophene rings is 1. The van der Waals surface area contributed by atoms with Gasteiger partial charge in [-0.05, 0) is 24.3 Å². The smallest absolute Gasteiger partial charge is 0.265 e. The Morgan fingerprint density at radius 2 is 2.24 bits per heavy atom. The van der Waals surface area contributed by atoms with Crippen LogP contribution in [0.15, 0.2) is 6.07 Å². The zero-order valence-corrected chi connectivity index (χ0v) is 11.4. The molecular formula is C12H19N3OS. The molecule has 0 unspecified atom stereocenters. The predicted octanol–water partition coefficient (Wildman–Crippen LogP) is 2.24. The minimum atomic E-state index is -0.0295. The van der Waals surface area contributed by atoms with Gasteiger partial charge in [0.15, 0.2) is 0 Å². The van der Waals surface area contributed by atoms with E-state index in [2.05, 4.69) is 12.2 Å². The van der Waals surface area contributed by atoms with Gasteiger partial charge < -0.3 is 16.0 Å². The molecule has 1 saturated carbocycles. The minimum absolute atomic E-state index is 0.0295. The molecule has 94 valence electrons. The Morgan fingerprint density at radius 1 is 1.59 bits per heavy atom. The van der Waals surface area contributed by atoms with Gasteiger partial charge in [-0.15, -0.1) is 11.3 Å². The largest absolute Gasteiger partial charge is 0.397 e. The number of nitrogens with two attached hydrogens (primary N) is 1. The fourth-order valence-electron chi connectivity index (χ4n) is 1.55. The Labute approximate surface area is 106 Å². The van der Waals surface area contributed by atoms with Crippen molar-refractivity contribution < 1.29 is 4.79 Å². The first kappa shape index (κ1) is 12.2. The Balaban J connectivity index is 2.05. The Hall–Kier alpha value is -1.23. The topological polar surface area (TPSA) is 58.4 Å². The van der Waals surface area contributed by atoms with E-state index in [1.54, 1.807) is 19.0 Å². The molecule has 0 radical (unpaired) electrons. The Morgan fingerprint density at radius 3 is 2.76 bits per heavy atom. The van der Waals surface area contributed by atoms with Crippen LogP contribution in [0.5, 0.6) is 0 Å². The highest BCUT2D eigenvalue weighted by Gasteiger charge is 2.36. The van der Waals surface area contributed by atoms with Crippen LogP contribution < -0.4 is 11.1 Å². The summed E-state index contributed by atoms with van der Waals surface area (Å²) >= 11 is 1.44. The maximum absolute atomic E-state index is 11.8. The number of nitrogen functional groups attached to an aromatic ring is 1. The monoisotopic (exact) mass is 253 g/mol. The molecule has 3 N–H and O–H groups in total. The molecule has 0 aliphatic heterocycles. The fraction of sp³-hybridized carbons (Fsp3) is 0.583. The summed E-state index contributed by atoms with van der Waals surface area (Å²) in [6, 6.07) is 1.85. The second-order valence-corrected chi connectivity index (χ2v) is 6.31. The van der Waals surface area contributed by atoms with E-state index >= 15 is 0 Å². The zero-order valence-electron chi connectivity index (χ0n) is 10.5. The number of carbonyl (C=O) groups excluding carboxylic acids is 1. The molecule has 17 heavy (non-hydrogen) atoms. The number of nitrogens with one attached hydrogen (secondary N) is 1. The minimum Gasteiger partial charge on any atom is -0.397 e. The summed E-state index contributed by atoms with van der Waals surface area (Å²) in [4.78, 5) is 14.0. The maximum atomic E-state index is 11.8. The number of anilines is 2. The zero-order chi connectivity index (χ0) is 12.6. The molecule has 0 saturated heterocycles. The van der Waals surface area contributed by atoms with Crippen LogP contribution >= 0.6 is 11.3 Å². The molecule has 4 nitrogen and oxygen atoms in total. The van der Waals surface area contributed by atoms with Crippen molar-refractivity contribution in [3.05, 3.63) is 10.9 Å². The van der Waals surface area contributed by atoms with Crippen molar-refractivity contribution in [3.63, 3.8) is 0 Å². The van der Waals surface area contributed by atoms with Gasteiger partial charge in [0.05, 0.1) is 10.7 Å². The van der Waals surface area contributed by atoms with Gasteiger partial charge >= 0.3 is 0 Å². The molecule has 1 amide bonds. The van der Waals surface area contributed by atoms with E-state index in [0.717, 1.165) is 11.5 Å². The molecule has 1 aliphatic carbocycles. The SMILES string of the molecule is CN(C)C(=O)c1sc(NCC2(C)CC2)cc1N. The highest BCUT2D eigenvalue weighted by molar-refractivity contribution is 7.18. The highest BCUT2D eigenvalue weighted by atomic mass is 32.1. The molecule has 1 fully saturated rings. The van der Waals surface area contributed by atoms with Crippen LogP contribution in [0.25, 0.3) is 0 Å². The van der Waals surface area contributed by atoms with Gasteiger partial charge in [0.1, 0.15) is 4.88 Å². The summed E-state index contributed by atoms with van der Waals surface area (Å²) in [7, 11) is 3.47. The highest BCUT2D eigenvalue weighted by Crippen LogP contribution is 2.45. The van der Waals surface area contributed by atoms with E-state index in [4.69, 9.17) is 5.73 Å². The van der Waals surface area contributed by atoms with E-state index in [-0.39, 0.29) is 5.91 Å². The molecule has 1 aliphatic rings. The van der Waals surface area contributed by atoms with Crippen molar-refractivity contribution in [2.24, 2.45) is 5.41 Å². The number of carbonyl (C=O) groups is 1. The quantitative estimate of drug-likeness (QED) is 0.865. The lowest BCUT2D eigenvalue weighted by molar-refractivity contribution is 0.0833. The lowest BCUT2D eigenvalue weighted by Gasteiger charge is -2.09. The van der Waals surface area contributed by atoms with Crippen LogP contribution in [0.2, 0.25) is 0 Å². The van der Waals surface area contributed by atoms with E-state index < -0.39 is 0 Å². The van der Waals surface area contributed by atoms with Crippen LogP contribution in [0, 0.1) is 5.41 Å². The lowest BCUT2D eigenvalue weighted by Crippen LogP contribution is -2.21. The number of hydrogen-bond donors (Lipinski definition) is 2. The van der Waals surface area contributed by atoms with Crippen molar-refractivity contribution in [1.82, 2.24) is 4.90 Å². The first-order valence-electron chi connectivity index (χ1n) is 5.76. The third-order valence-electron chi connectivity index (χ3n) is 3.15. The van der Waals surface area contributed by atoms with Crippen LogP contribution in [0.3, 0.4) is 0 Å². The Bertz CT molecular complexity index is 435. The molecule has 5 heteroatoms. The Kier molecular flexibility index (Phi) is 3.03. The van der Waals surface area contributed by atoms with Crippen molar-refractivity contribution in [3.8, 4) is 0 Å². The number of hydrogen-bond acceptors (Lipinski definition) is 4. The summed E-state index contributed by atoms with van der Waals surface area (Å²) in [6.07, 6.45) is 2.56. The van der Waals surface area contributed by atoms with E-state index in [0.29, 0.717) is 16.0 Å². The molecular weight excluding hydrogens is 234 g/mol. The summed E-state index contributed by atoms with van der Waals surface area (Å²) in [5, 5.41) is 4.36. The van der Waals surface area contributed by atoms with Gasteiger partial charge in [0.25, 0.3) is 5.91 Å². The summed E-state index contributed by atoms with van der Waals surface area (Å²) in [5.74, 6) is -0.0295. The second kappa shape index (κ2) is 4.22. The van der Waals surface area contributed by atoms with Crippen molar-refractivity contribution in [2.45, 2.75) is 19.8 Å². The summed E-state index contributed by atoms with van der Waals surface area (Å²) in [6.45, 7) is 3.23. The van der Waals surface area contributed by atoms with Gasteiger partial charge in [-0.25, -0.2) is 0 Å². The number of amides is 1. The molecule has 1 aromatic rings. The molecule has 2 rings (SSSR count). The van der Waals surface area contributed by atoms with Crippen molar-refractivity contribution >= 4 is 27.9 Å². The molecule has 0 spiro atoms. The van der Waals surface area contributed by atoms with Gasteiger partial charge in [-0.2, -0.15) is 0 Å². The molecule has 0 atom stereocenters. The van der Waals surface area contributed by atoms with E-state index in [1.807, 2.05) is 6.07 Å². The summed E-state index contributed by atoms with van der Waals surface area (Å²) in [5.41, 5.74) is 6.87. The standard InChI is InChI=1S/C12H19N3OS/c1-12(4-5-12)7-14-9-6-8(13)10(17-9)11(16)15(2)3/h6,14H,4-5,7,13H2,1-3H3. The maximum Gasteiger partial charge on any atom is 0.265 e. The van der Waals surface area contributed by atoms with E-state index in [1.165, 1.54) is 24.2 Å². The van der Waals surface area contributed by atoms with Crippen molar-refractivity contribution in [2.75, 3.05) is 31.7 Å². The van der Waals surface area contributed by atoms with Crippen LogP contribution in [-0.2, 0) is 0 Å². The van der Waals surface area contributed by atoms with Crippen LogP contribution in [-0.4, -0.2) is 31.4 Å². The first-order chi connectivity index (χ1) is 7.91. The average molecular weight is 253 g/mol. The molecule has 0 bridgehead atoms. The van der Waals surface area contributed by atoms with E-state index in [9.17, 15) is 4.79 Å². The third kappa shape index (κ3) is 2.72. The fourth-order valence-corrected chi connectivity index (χ4v) is 2.55. The van der Waals surface area contributed by atoms with Gasteiger partial charge in [-0.1, -0.05) is 6.92 Å².